The minimum absolute atomic E-state index is 0.165. The van der Waals surface area contributed by atoms with Crippen LogP contribution in [0.25, 0.3) is 0 Å². The first-order valence-corrected chi connectivity index (χ1v) is 7.53. The number of nitrogens with one attached hydrogen (secondary N) is 3. The second-order valence-electron chi connectivity index (χ2n) is 5.08. The maximum Gasteiger partial charge on any atom is 0.315 e. The molecule has 0 aliphatic rings. The number of anilines is 1. The minimum Gasteiger partial charge on any atom is -0.338 e. The van der Waals surface area contributed by atoms with Crippen molar-refractivity contribution in [1.29, 1.82) is 5.26 Å². The minimum atomic E-state index is -0.315. The molecule has 0 heterocycles. The molecule has 6 nitrogen and oxygen atoms in total. The van der Waals surface area contributed by atoms with Gasteiger partial charge >= 0.3 is 6.03 Å². The molecule has 24 heavy (non-hydrogen) atoms. The van der Waals surface area contributed by atoms with Crippen LogP contribution >= 0.6 is 0 Å². The molecule has 0 aliphatic heterocycles. The van der Waals surface area contributed by atoms with Gasteiger partial charge in [-0.15, -0.1) is 0 Å². The van der Waals surface area contributed by atoms with Crippen molar-refractivity contribution in [2.24, 2.45) is 0 Å². The van der Waals surface area contributed by atoms with Crippen LogP contribution in [0.15, 0.2) is 54.6 Å². The molecule has 2 aromatic rings. The van der Waals surface area contributed by atoms with Crippen LogP contribution in [-0.2, 0) is 11.3 Å². The van der Waals surface area contributed by atoms with Gasteiger partial charge in [-0.05, 0) is 29.8 Å². The van der Waals surface area contributed by atoms with E-state index in [1.807, 2.05) is 36.4 Å². The van der Waals surface area contributed by atoms with E-state index in [9.17, 15) is 9.59 Å². The Morgan fingerprint density at radius 2 is 1.67 bits per heavy atom. The Bertz CT molecular complexity index is 721. The van der Waals surface area contributed by atoms with Crippen molar-refractivity contribution < 1.29 is 9.59 Å². The van der Waals surface area contributed by atoms with E-state index in [2.05, 4.69) is 16.0 Å². The fraction of sp³-hybridized carbons (Fsp3) is 0.167. The maximum atomic E-state index is 11.8. The van der Waals surface area contributed by atoms with E-state index in [1.165, 1.54) is 0 Å². The van der Waals surface area contributed by atoms with Gasteiger partial charge in [0.25, 0.3) is 0 Å². The smallest absolute Gasteiger partial charge is 0.315 e. The van der Waals surface area contributed by atoms with Crippen molar-refractivity contribution in [3.63, 3.8) is 0 Å². The van der Waals surface area contributed by atoms with Gasteiger partial charge in [-0.1, -0.05) is 30.3 Å². The fourth-order valence-corrected chi connectivity index (χ4v) is 1.98. The van der Waals surface area contributed by atoms with Gasteiger partial charge in [0.1, 0.15) is 0 Å². The predicted molar refractivity (Wildman–Crippen MR) is 91.1 cm³/mol. The van der Waals surface area contributed by atoms with E-state index >= 15 is 0 Å². The summed E-state index contributed by atoms with van der Waals surface area (Å²) in [6.45, 7) is 0.673. The van der Waals surface area contributed by atoms with Crippen molar-refractivity contribution in [2.75, 3.05) is 11.9 Å². The van der Waals surface area contributed by atoms with Gasteiger partial charge in [-0.3, -0.25) is 4.79 Å². The average molecular weight is 322 g/mol. The molecule has 0 saturated carbocycles. The van der Waals surface area contributed by atoms with Gasteiger partial charge in [0, 0.05) is 25.2 Å². The summed E-state index contributed by atoms with van der Waals surface area (Å²) >= 11 is 0. The Kier molecular flexibility index (Phi) is 6.35. The molecular weight excluding hydrogens is 304 g/mol. The Balaban J connectivity index is 1.64. The van der Waals surface area contributed by atoms with Gasteiger partial charge in [0.2, 0.25) is 5.91 Å². The summed E-state index contributed by atoms with van der Waals surface area (Å²) in [7, 11) is 0. The summed E-state index contributed by atoms with van der Waals surface area (Å²) in [4.78, 5) is 23.4. The van der Waals surface area contributed by atoms with Crippen molar-refractivity contribution in [3.8, 4) is 6.07 Å². The molecule has 0 spiro atoms. The molecule has 0 fully saturated rings. The quantitative estimate of drug-likeness (QED) is 0.762. The van der Waals surface area contributed by atoms with E-state index in [4.69, 9.17) is 5.26 Å². The third kappa shape index (κ3) is 5.81. The molecule has 0 unspecified atom stereocenters. The lowest BCUT2D eigenvalue weighted by atomic mass is 10.2. The van der Waals surface area contributed by atoms with Crippen molar-refractivity contribution >= 4 is 17.6 Å². The molecule has 6 heteroatoms. The lowest BCUT2D eigenvalue weighted by Gasteiger charge is -2.08. The van der Waals surface area contributed by atoms with E-state index in [-0.39, 0.29) is 24.9 Å². The molecule has 0 radical (unpaired) electrons. The van der Waals surface area contributed by atoms with Crippen LogP contribution in [0.5, 0.6) is 0 Å². The fourth-order valence-electron chi connectivity index (χ4n) is 1.98. The first-order chi connectivity index (χ1) is 11.7. The molecular formula is C18H18N4O2. The van der Waals surface area contributed by atoms with E-state index in [0.717, 1.165) is 5.56 Å². The van der Waals surface area contributed by atoms with Crippen LogP contribution in [-0.4, -0.2) is 18.5 Å². The van der Waals surface area contributed by atoms with Gasteiger partial charge in [-0.2, -0.15) is 5.26 Å². The third-order valence-corrected chi connectivity index (χ3v) is 3.23. The number of benzene rings is 2. The summed E-state index contributed by atoms with van der Waals surface area (Å²) in [5.41, 5.74) is 2.16. The number of hydrogen-bond acceptors (Lipinski definition) is 3. The van der Waals surface area contributed by atoms with Crippen LogP contribution in [0.1, 0.15) is 17.5 Å². The van der Waals surface area contributed by atoms with E-state index in [0.29, 0.717) is 17.8 Å². The third-order valence-electron chi connectivity index (χ3n) is 3.23. The topological polar surface area (TPSA) is 94.0 Å². The maximum absolute atomic E-state index is 11.8. The van der Waals surface area contributed by atoms with Crippen LogP contribution in [0.2, 0.25) is 0 Å². The van der Waals surface area contributed by atoms with Crippen LogP contribution in [0, 0.1) is 11.3 Å². The highest BCUT2D eigenvalue weighted by Crippen LogP contribution is 2.08. The molecule has 3 N–H and O–H groups in total. The molecule has 0 aromatic heterocycles. The molecule has 2 rings (SSSR count). The van der Waals surface area contributed by atoms with Gasteiger partial charge in [-0.25, -0.2) is 4.79 Å². The number of carbonyl (C=O) groups is 2. The highest BCUT2D eigenvalue weighted by molar-refractivity contribution is 5.91. The second-order valence-corrected chi connectivity index (χ2v) is 5.08. The first kappa shape index (κ1) is 17.0. The Hall–Kier alpha value is -3.33. The highest BCUT2D eigenvalue weighted by Gasteiger charge is 2.04. The number of carbonyl (C=O) groups excluding carboxylic acids is 2. The standard InChI is InChI=1S/C18H18N4O2/c19-12-14-6-8-16(9-7-14)22-17(23)10-11-20-18(24)21-13-15-4-2-1-3-5-15/h1-9H,10-11,13H2,(H,22,23)(H2,20,21,24). The zero-order chi connectivity index (χ0) is 17.2. The molecule has 122 valence electrons. The number of nitrogens with zero attached hydrogens (tertiary/aromatic N) is 1. The number of urea groups is 1. The SMILES string of the molecule is N#Cc1ccc(NC(=O)CCNC(=O)NCc2ccccc2)cc1. The van der Waals surface area contributed by atoms with Gasteiger partial charge in [0.05, 0.1) is 11.6 Å². The molecule has 0 bridgehead atoms. The zero-order valence-corrected chi connectivity index (χ0v) is 13.1. The largest absolute Gasteiger partial charge is 0.338 e. The zero-order valence-electron chi connectivity index (χ0n) is 13.1. The van der Waals surface area contributed by atoms with Gasteiger partial charge < -0.3 is 16.0 Å². The highest BCUT2D eigenvalue weighted by atomic mass is 16.2. The normalized spacial score (nSPS) is 9.62. The van der Waals surface area contributed by atoms with Crippen molar-refractivity contribution in [2.45, 2.75) is 13.0 Å². The molecule has 2 aromatic carbocycles. The molecule has 0 atom stereocenters. The van der Waals surface area contributed by atoms with Crippen molar-refractivity contribution in [1.82, 2.24) is 10.6 Å². The first-order valence-electron chi connectivity index (χ1n) is 7.53. The number of nitriles is 1. The molecule has 0 saturated heterocycles. The summed E-state index contributed by atoms with van der Waals surface area (Å²) in [6, 6.07) is 17.8. The monoisotopic (exact) mass is 322 g/mol. The summed E-state index contributed by atoms with van der Waals surface area (Å²) < 4.78 is 0. The second kappa shape index (κ2) is 8.96. The van der Waals surface area contributed by atoms with Crippen LogP contribution < -0.4 is 16.0 Å². The van der Waals surface area contributed by atoms with E-state index in [1.54, 1.807) is 24.3 Å². The Morgan fingerprint density at radius 1 is 0.958 bits per heavy atom. The molecule has 3 amide bonds. The summed E-state index contributed by atoms with van der Waals surface area (Å²) in [5.74, 6) is -0.205. The van der Waals surface area contributed by atoms with Crippen molar-refractivity contribution in [3.05, 3.63) is 65.7 Å². The summed E-state index contributed by atoms with van der Waals surface area (Å²) in [6.07, 6.45) is 0.165. The summed E-state index contributed by atoms with van der Waals surface area (Å²) in [5, 5.41) is 16.8. The predicted octanol–water partition coefficient (Wildman–Crippen LogP) is 2.39. The average Bonchev–Trinajstić information content (AvgIpc) is 2.61. The van der Waals surface area contributed by atoms with E-state index < -0.39 is 0 Å². The number of rotatable bonds is 6. The lowest BCUT2D eigenvalue weighted by Crippen LogP contribution is -2.36. The lowest BCUT2D eigenvalue weighted by molar-refractivity contribution is -0.116. The van der Waals surface area contributed by atoms with Crippen LogP contribution in [0.4, 0.5) is 10.5 Å². The molecule has 0 aliphatic carbocycles. The Morgan fingerprint density at radius 3 is 2.33 bits per heavy atom. The Labute approximate surface area is 140 Å². The van der Waals surface area contributed by atoms with Gasteiger partial charge in [0.15, 0.2) is 0 Å². The van der Waals surface area contributed by atoms with Crippen LogP contribution in [0.3, 0.4) is 0 Å². The number of amides is 3. The number of hydrogen-bond donors (Lipinski definition) is 3.